The summed E-state index contributed by atoms with van der Waals surface area (Å²) in [6.45, 7) is 3.33. The van der Waals surface area contributed by atoms with E-state index in [4.69, 9.17) is 5.11 Å². The summed E-state index contributed by atoms with van der Waals surface area (Å²) in [5.74, 6) is -0.778. The fourth-order valence-electron chi connectivity index (χ4n) is 1.77. The van der Waals surface area contributed by atoms with Gasteiger partial charge in [0.05, 0.1) is 16.6 Å². The van der Waals surface area contributed by atoms with Gasteiger partial charge < -0.3 is 9.67 Å². The van der Waals surface area contributed by atoms with Crippen LogP contribution < -0.4 is 4.80 Å². The second kappa shape index (κ2) is 5.82. The Bertz CT molecular complexity index is 613. The Morgan fingerprint density at radius 3 is 2.94 bits per heavy atom. The van der Waals surface area contributed by atoms with Gasteiger partial charge in [0.15, 0.2) is 4.80 Å². The predicted octanol–water partition coefficient (Wildman–Crippen LogP) is 2.49. The first kappa shape index (κ1) is 12.8. The van der Waals surface area contributed by atoms with Crippen molar-refractivity contribution in [3.05, 3.63) is 29.1 Å². The molecule has 0 unspecified atom stereocenters. The molecule has 0 spiro atoms. The lowest BCUT2D eigenvalue weighted by atomic mass is 10.3. The first-order chi connectivity index (χ1) is 8.72. The number of aryl methyl sites for hydroxylation is 1. The molecule has 1 heterocycles. The topological polar surface area (TPSA) is 54.6 Å². The third-order valence-electron chi connectivity index (χ3n) is 2.61. The number of fused-ring (bicyclic) bond motifs is 1. The molecule has 4 nitrogen and oxygen atoms in total. The zero-order chi connectivity index (χ0) is 13.0. The zero-order valence-electron chi connectivity index (χ0n) is 10.3. The smallest absolute Gasteiger partial charge is 0.305 e. The normalized spacial score (nSPS) is 12.2. The summed E-state index contributed by atoms with van der Waals surface area (Å²) in [6.07, 6.45) is 1.12. The van der Waals surface area contributed by atoms with E-state index in [0.29, 0.717) is 6.54 Å². The van der Waals surface area contributed by atoms with Crippen molar-refractivity contribution in [1.29, 1.82) is 0 Å². The highest BCUT2D eigenvalue weighted by Gasteiger charge is 2.06. The molecule has 1 N–H and O–H groups in total. The van der Waals surface area contributed by atoms with Crippen LogP contribution in [0.15, 0.2) is 29.3 Å². The van der Waals surface area contributed by atoms with Crippen LogP contribution in [0.3, 0.4) is 0 Å². The number of aliphatic carboxylic acids is 1. The van der Waals surface area contributed by atoms with Gasteiger partial charge in [-0.25, -0.2) is 0 Å². The molecule has 0 radical (unpaired) electrons. The Morgan fingerprint density at radius 1 is 1.44 bits per heavy atom. The maximum atomic E-state index is 10.7. The van der Waals surface area contributed by atoms with Crippen molar-refractivity contribution in [2.24, 2.45) is 4.99 Å². The summed E-state index contributed by atoms with van der Waals surface area (Å²) in [6, 6.07) is 8.01. The van der Waals surface area contributed by atoms with Crippen molar-refractivity contribution in [3.63, 3.8) is 0 Å². The number of thiazole rings is 1. The molecule has 96 valence electrons. The van der Waals surface area contributed by atoms with Gasteiger partial charge in [-0.3, -0.25) is 9.79 Å². The van der Waals surface area contributed by atoms with Gasteiger partial charge in [-0.15, -0.1) is 0 Å². The lowest BCUT2D eigenvalue weighted by Crippen LogP contribution is -2.17. The monoisotopic (exact) mass is 264 g/mol. The van der Waals surface area contributed by atoms with E-state index in [1.165, 1.54) is 0 Å². The molecule has 0 aliphatic heterocycles. The van der Waals surface area contributed by atoms with Crippen LogP contribution in [0.1, 0.15) is 19.8 Å². The quantitative estimate of drug-likeness (QED) is 0.902. The summed E-state index contributed by atoms with van der Waals surface area (Å²) in [7, 11) is 0. The summed E-state index contributed by atoms with van der Waals surface area (Å²) in [4.78, 5) is 16.2. The van der Waals surface area contributed by atoms with Crippen LogP contribution in [0.25, 0.3) is 10.2 Å². The van der Waals surface area contributed by atoms with Gasteiger partial charge in [0.1, 0.15) is 0 Å². The number of carboxylic acid groups (broad SMARTS) is 1. The number of aromatic nitrogens is 1. The predicted molar refractivity (Wildman–Crippen MR) is 72.8 cm³/mol. The standard InChI is InChI=1S/C13H16N2O2S/c1-2-8-14-13-15(9-7-12(16)17)10-5-3-4-6-11(10)18-13/h3-6H,2,7-9H2,1H3,(H,16,17). The van der Waals surface area contributed by atoms with Gasteiger partial charge in [-0.1, -0.05) is 30.4 Å². The molecule has 0 saturated heterocycles. The molecule has 2 rings (SSSR count). The highest BCUT2D eigenvalue weighted by molar-refractivity contribution is 7.16. The number of nitrogens with zero attached hydrogens (tertiary/aromatic N) is 2. The molecule has 18 heavy (non-hydrogen) atoms. The van der Waals surface area contributed by atoms with Gasteiger partial charge in [-0.05, 0) is 18.6 Å². The van der Waals surface area contributed by atoms with E-state index in [9.17, 15) is 4.79 Å². The van der Waals surface area contributed by atoms with E-state index in [-0.39, 0.29) is 6.42 Å². The van der Waals surface area contributed by atoms with E-state index >= 15 is 0 Å². The van der Waals surface area contributed by atoms with Crippen LogP contribution in [0.5, 0.6) is 0 Å². The molecule has 0 saturated carbocycles. The van der Waals surface area contributed by atoms with Crippen molar-refractivity contribution in [1.82, 2.24) is 4.57 Å². The molecule has 2 aromatic rings. The van der Waals surface area contributed by atoms with Crippen LogP contribution in [0.2, 0.25) is 0 Å². The number of benzene rings is 1. The van der Waals surface area contributed by atoms with Crippen molar-refractivity contribution in [2.75, 3.05) is 6.54 Å². The summed E-state index contributed by atoms with van der Waals surface area (Å²) in [5, 5.41) is 8.81. The molecular weight excluding hydrogens is 248 g/mol. The summed E-state index contributed by atoms with van der Waals surface area (Å²) in [5.41, 5.74) is 1.07. The summed E-state index contributed by atoms with van der Waals surface area (Å²) < 4.78 is 3.15. The van der Waals surface area contributed by atoms with Crippen LogP contribution in [-0.2, 0) is 11.3 Å². The number of carbonyl (C=O) groups is 1. The van der Waals surface area contributed by atoms with Crippen molar-refractivity contribution >= 4 is 27.5 Å². The molecule has 0 atom stereocenters. The number of hydrogen-bond acceptors (Lipinski definition) is 3. The molecule has 0 fully saturated rings. The van der Waals surface area contributed by atoms with Gasteiger partial charge >= 0.3 is 5.97 Å². The second-order valence-electron chi connectivity index (χ2n) is 4.03. The Balaban J connectivity index is 2.47. The average molecular weight is 264 g/mol. The molecule has 0 bridgehead atoms. The summed E-state index contributed by atoms with van der Waals surface area (Å²) >= 11 is 1.62. The molecule has 0 amide bonds. The van der Waals surface area contributed by atoms with Crippen molar-refractivity contribution in [3.8, 4) is 0 Å². The largest absolute Gasteiger partial charge is 0.481 e. The molecule has 0 aliphatic carbocycles. The van der Waals surface area contributed by atoms with E-state index in [2.05, 4.69) is 11.9 Å². The molecule has 0 aliphatic rings. The Kier molecular flexibility index (Phi) is 4.15. The lowest BCUT2D eigenvalue weighted by molar-refractivity contribution is -0.137. The third kappa shape index (κ3) is 2.79. The van der Waals surface area contributed by atoms with Crippen LogP contribution in [-0.4, -0.2) is 22.2 Å². The first-order valence-corrected chi connectivity index (χ1v) is 6.84. The van der Waals surface area contributed by atoms with Crippen molar-refractivity contribution in [2.45, 2.75) is 26.3 Å². The number of para-hydroxylation sites is 1. The van der Waals surface area contributed by atoms with E-state index < -0.39 is 5.97 Å². The average Bonchev–Trinajstić information content (AvgIpc) is 2.71. The van der Waals surface area contributed by atoms with E-state index in [1.54, 1.807) is 11.3 Å². The minimum Gasteiger partial charge on any atom is -0.481 e. The Labute approximate surface area is 109 Å². The SMILES string of the molecule is CCCN=c1sc2ccccc2n1CCC(=O)O. The third-order valence-corrected chi connectivity index (χ3v) is 3.71. The number of hydrogen-bond donors (Lipinski definition) is 1. The highest BCUT2D eigenvalue weighted by Crippen LogP contribution is 2.16. The molecule has 1 aromatic heterocycles. The minimum atomic E-state index is -0.778. The van der Waals surface area contributed by atoms with E-state index in [1.807, 2.05) is 28.8 Å². The molecule has 5 heteroatoms. The van der Waals surface area contributed by atoms with Crippen molar-refractivity contribution < 1.29 is 9.90 Å². The highest BCUT2D eigenvalue weighted by atomic mass is 32.1. The Morgan fingerprint density at radius 2 is 2.22 bits per heavy atom. The Hall–Kier alpha value is -1.62. The molecular formula is C13H16N2O2S. The van der Waals surface area contributed by atoms with Crippen LogP contribution in [0.4, 0.5) is 0 Å². The maximum Gasteiger partial charge on any atom is 0.305 e. The van der Waals surface area contributed by atoms with Gasteiger partial charge in [0, 0.05) is 13.1 Å². The van der Waals surface area contributed by atoms with Gasteiger partial charge in [-0.2, -0.15) is 0 Å². The fraction of sp³-hybridized carbons (Fsp3) is 0.385. The first-order valence-electron chi connectivity index (χ1n) is 6.03. The maximum absolute atomic E-state index is 10.7. The lowest BCUT2D eigenvalue weighted by Gasteiger charge is -2.02. The van der Waals surface area contributed by atoms with Gasteiger partial charge in [0.25, 0.3) is 0 Å². The van der Waals surface area contributed by atoms with Gasteiger partial charge in [0.2, 0.25) is 0 Å². The second-order valence-corrected chi connectivity index (χ2v) is 5.04. The van der Waals surface area contributed by atoms with E-state index in [0.717, 1.165) is 28.0 Å². The number of carboxylic acids is 1. The zero-order valence-corrected chi connectivity index (χ0v) is 11.1. The molecule has 1 aromatic carbocycles. The van der Waals surface area contributed by atoms with Crippen LogP contribution in [0, 0.1) is 0 Å². The number of rotatable bonds is 5. The van der Waals surface area contributed by atoms with Crippen LogP contribution >= 0.6 is 11.3 Å². The minimum absolute atomic E-state index is 0.125. The fourth-order valence-corrected chi connectivity index (χ4v) is 2.85.